The number of rotatable bonds is 12. The van der Waals surface area contributed by atoms with Gasteiger partial charge in [-0.3, -0.25) is 14.5 Å². The minimum atomic E-state index is -0.932. The summed E-state index contributed by atoms with van der Waals surface area (Å²) in [6, 6.07) is 16.2. The molecule has 0 saturated heterocycles. The first-order valence-electron chi connectivity index (χ1n) is 12.7. The van der Waals surface area contributed by atoms with Crippen molar-refractivity contribution in [3.8, 4) is 5.75 Å². The molecular weight excluding hydrogens is 570 g/mol. The number of aromatic nitrogens is 2. The second-order valence-electron chi connectivity index (χ2n) is 9.01. The molecule has 1 aliphatic rings. The molecule has 0 fully saturated rings. The van der Waals surface area contributed by atoms with Crippen molar-refractivity contribution in [3.05, 3.63) is 99.2 Å². The lowest BCUT2D eigenvalue weighted by atomic mass is 9.95. The highest BCUT2D eigenvalue weighted by molar-refractivity contribution is 8.00. The summed E-state index contributed by atoms with van der Waals surface area (Å²) in [7, 11) is 0. The van der Waals surface area contributed by atoms with E-state index in [-0.39, 0.29) is 16.5 Å². The largest absolute Gasteiger partial charge is 0.503 e. The number of ether oxygens (including phenoxy) is 1. The molecule has 11 heteroatoms. The number of hydrogen-bond acceptors (Lipinski definition) is 9. The van der Waals surface area contributed by atoms with E-state index in [0.29, 0.717) is 38.5 Å². The van der Waals surface area contributed by atoms with Gasteiger partial charge in [0.1, 0.15) is 11.6 Å². The third kappa shape index (κ3) is 5.96. The van der Waals surface area contributed by atoms with Crippen LogP contribution in [0.5, 0.6) is 5.75 Å². The zero-order valence-corrected chi connectivity index (χ0v) is 24.0. The normalized spacial score (nSPS) is 15.2. The van der Waals surface area contributed by atoms with Gasteiger partial charge in [-0.2, -0.15) is 0 Å². The predicted octanol–water partition coefficient (Wildman–Crippen LogP) is 7.38. The van der Waals surface area contributed by atoms with Crippen LogP contribution in [0.1, 0.15) is 53.0 Å². The number of carbonyl (C=O) groups excluding carboxylic acids is 2. The van der Waals surface area contributed by atoms with Crippen LogP contribution in [-0.2, 0) is 10.5 Å². The molecule has 1 atom stereocenters. The van der Waals surface area contributed by atoms with Crippen molar-refractivity contribution in [2.75, 3.05) is 11.5 Å². The van der Waals surface area contributed by atoms with E-state index in [0.717, 1.165) is 30.6 Å². The number of aliphatic hydroxyl groups excluding tert-OH is 1. The first-order valence-corrected chi connectivity index (χ1v) is 15.4. The standard InChI is InChI=1S/C29H26FN3O4S3/c1-2-3-6-14-37-20-11-7-10-18(16-20)24-23(25(34)22-13-8-15-38-22)26(35)27(36)33(24)28-31-32-29(40-28)39-17-19-9-4-5-12-21(19)30/h4-5,7-13,15-16,24,35H,2-3,6,14,17H2,1H3. The number of thioether (sulfide) groups is 1. The zero-order chi connectivity index (χ0) is 28.1. The number of benzene rings is 2. The second-order valence-corrected chi connectivity index (χ2v) is 12.1. The number of ketones is 1. The highest BCUT2D eigenvalue weighted by Crippen LogP contribution is 2.44. The van der Waals surface area contributed by atoms with Gasteiger partial charge in [0.25, 0.3) is 5.91 Å². The number of aliphatic hydroxyl groups is 1. The first-order chi connectivity index (χ1) is 19.5. The topological polar surface area (TPSA) is 92.6 Å². The highest BCUT2D eigenvalue weighted by Gasteiger charge is 2.46. The van der Waals surface area contributed by atoms with Crippen LogP contribution in [0.2, 0.25) is 0 Å². The average molecular weight is 596 g/mol. The number of thiophene rings is 1. The number of anilines is 1. The van der Waals surface area contributed by atoms with Crippen molar-refractivity contribution in [1.82, 2.24) is 10.2 Å². The van der Waals surface area contributed by atoms with Crippen LogP contribution < -0.4 is 9.64 Å². The van der Waals surface area contributed by atoms with Crippen LogP contribution in [0.25, 0.3) is 0 Å². The summed E-state index contributed by atoms with van der Waals surface area (Å²) in [5, 5.41) is 21.4. The molecule has 0 spiro atoms. The Morgan fingerprint density at radius 2 is 1.98 bits per heavy atom. The Morgan fingerprint density at radius 1 is 1.12 bits per heavy atom. The van der Waals surface area contributed by atoms with Gasteiger partial charge in [-0.15, -0.1) is 21.5 Å². The quantitative estimate of drug-likeness (QED) is 0.0790. The Labute approximate surface area is 243 Å². The molecule has 40 heavy (non-hydrogen) atoms. The lowest BCUT2D eigenvalue weighted by Crippen LogP contribution is -2.31. The fraction of sp³-hybridized carbons (Fsp3) is 0.241. The maximum Gasteiger partial charge on any atom is 0.296 e. The third-order valence-electron chi connectivity index (χ3n) is 6.30. The molecule has 1 aliphatic heterocycles. The van der Waals surface area contributed by atoms with Crippen LogP contribution in [0.4, 0.5) is 9.52 Å². The Bertz CT molecular complexity index is 1540. The summed E-state index contributed by atoms with van der Waals surface area (Å²) >= 11 is 3.67. The highest BCUT2D eigenvalue weighted by atomic mass is 32.2. The van der Waals surface area contributed by atoms with E-state index in [9.17, 15) is 19.1 Å². The fourth-order valence-electron chi connectivity index (χ4n) is 4.32. The van der Waals surface area contributed by atoms with Gasteiger partial charge in [-0.25, -0.2) is 4.39 Å². The van der Waals surface area contributed by atoms with Crippen LogP contribution in [0, 0.1) is 5.82 Å². The average Bonchev–Trinajstić information content (AvgIpc) is 3.72. The first kappa shape index (κ1) is 28.0. The number of carbonyl (C=O) groups is 2. The van der Waals surface area contributed by atoms with Crippen LogP contribution in [-0.4, -0.2) is 33.6 Å². The summed E-state index contributed by atoms with van der Waals surface area (Å²) in [5.74, 6) is -1.15. The molecule has 0 saturated carbocycles. The van der Waals surface area contributed by atoms with Crippen molar-refractivity contribution in [3.63, 3.8) is 0 Å². The molecule has 0 aliphatic carbocycles. The molecular formula is C29H26FN3O4S3. The van der Waals surface area contributed by atoms with E-state index >= 15 is 0 Å². The summed E-state index contributed by atoms with van der Waals surface area (Å²) in [4.78, 5) is 28.7. The smallest absolute Gasteiger partial charge is 0.296 e. The van der Waals surface area contributed by atoms with Crippen molar-refractivity contribution in [2.24, 2.45) is 0 Å². The van der Waals surface area contributed by atoms with Gasteiger partial charge in [-0.1, -0.05) is 79.3 Å². The van der Waals surface area contributed by atoms with E-state index in [2.05, 4.69) is 17.1 Å². The molecule has 1 N–H and O–H groups in total. The molecule has 2 aromatic heterocycles. The van der Waals surface area contributed by atoms with Crippen molar-refractivity contribution in [2.45, 2.75) is 42.3 Å². The molecule has 0 radical (unpaired) electrons. The molecule has 4 aromatic rings. The van der Waals surface area contributed by atoms with Crippen molar-refractivity contribution >= 4 is 51.3 Å². The van der Waals surface area contributed by atoms with Gasteiger partial charge < -0.3 is 9.84 Å². The maximum atomic E-state index is 14.1. The van der Waals surface area contributed by atoms with Crippen molar-refractivity contribution < 1.29 is 23.8 Å². The number of unbranched alkanes of at least 4 members (excludes halogenated alkanes) is 2. The second kappa shape index (κ2) is 12.8. The summed E-state index contributed by atoms with van der Waals surface area (Å²) in [5.41, 5.74) is 1.10. The van der Waals surface area contributed by atoms with Gasteiger partial charge in [-0.05, 0) is 47.2 Å². The van der Waals surface area contributed by atoms with Crippen molar-refractivity contribution in [1.29, 1.82) is 0 Å². The zero-order valence-electron chi connectivity index (χ0n) is 21.6. The molecule has 5 rings (SSSR count). The Morgan fingerprint density at radius 3 is 2.75 bits per heavy atom. The van der Waals surface area contributed by atoms with E-state index in [1.165, 1.54) is 34.1 Å². The van der Waals surface area contributed by atoms with Crippen LogP contribution >= 0.6 is 34.4 Å². The number of halogens is 1. The molecule has 2 aromatic carbocycles. The summed E-state index contributed by atoms with van der Waals surface area (Å²) < 4.78 is 20.5. The number of Topliss-reactive ketones (excluding diaryl/α,β-unsaturated/α-hetero) is 1. The molecule has 1 amide bonds. The molecule has 1 unspecified atom stereocenters. The van der Waals surface area contributed by atoms with Gasteiger partial charge in [0.05, 0.1) is 23.1 Å². The third-order valence-corrected chi connectivity index (χ3v) is 9.27. The van der Waals surface area contributed by atoms with Crippen LogP contribution in [0.3, 0.4) is 0 Å². The molecule has 3 heterocycles. The maximum absolute atomic E-state index is 14.1. The van der Waals surface area contributed by atoms with Gasteiger partial charge >= 0.3 is 0 Å². The van der Waals surface area contributed by atoms with Crippen LogP contribution in [0.15, 0.2) is 81.7 Å². The van der Waals surface area contributed by atoms with Gasteiger partial charge in [0, 0.05) is 5.75 Å². The Balaban J connectivity index is 1.47. The predicted molar refractivity (Wildman–Crippen MR) is 156 cm³/mol. The molecule has 7 nitrogen and oxygen atoms in total. The van der Waals surface area contributed by atoms with E-state index < -0.39 is 23.5 Å². The monoisotopic (exact) mass is 595 g/mol. The SMILES string of the molecule is CCCCCOc1cccc(C2C(C(=O)c3cccs3)=C(O)C(=O)N2c2nnc(SCc3ccccc3F)s2)c1. The summed E-state index contributed by atoms with van der Waals surface area (Å²) in [6.07, 6.45) is 3.04. The Kier molecular flexibility index (Phi) is 8.93. The lowest BCUT2D eigenvalue weighted by molar-refractivity contribution is -0.117. The number of nitrogens with zero attached hydrogens (tertiary/aromatic N) is 3. The fourth-order valence-corrected chi connectivity index (χ4v) is 6.85. The van der Waals surface area contributed by atoms with E-state index in [4.69, 9.17) is 4.74 Å². The minimum Gasteiger partial charge on any atom is -0.503 e. The number of amides is 1. The lowest BCUT2D eigenvalue weighted by Gasteiger charge is -2.24. The minimum absolute atomic E-state index is 0.0219. The summed E-state index contributed by atoms with van der Waals surface area (Å²) in [6.45, 7) is 2.67. The van der Waals surface area contributed by atoms with E-state index in [1.54, 1.807) is 53.9 Å². The van der Waals surface area contributed by atoms with Gasteiger partial charge in [0.2, 0.25) is 10.9 Å². The molecule has 0 bridgehead atoms. The Hall–Kier alpha value is -3.54. The molecule has 206 valence electrons. The van der Waals surface area contributed by atoms with E-state index in [1.807, 2.05) is 6.07 Å². The number of hydrogen-bond donors (Lipinski definition) is 1. The van der Waals surface area contributed by atoms with Gasteiger partial charge in [0.15, 0.2) is 10.1 Å².